The van der Waals surface area contributed by atoms with E-state index in [0.717, 1.165) is 13.1 Å². The number of nitrogens with zero attached hydrogens (tertiary/aromatic N) is 2. The van der Waals surface area contributed by atoms with Crippen molar-refractivity contribution in [3.8, 4) is 0 Å². The first-order chi connectivity index (χ1) is 23.2. The van der Waals surface area contributed by atoms with Crippen LogP contribution in [0.25, 0.3) is 21.5 Å². The monoisotopic (exact) mass is 639 g/mol. The third-order valence-electron chi connectivity index (χ3n) is 10.0. The molecular formula is C44H51N2O2+. The van der Waals surface area contributed by atoms with Gasteiger partial charge in [-0.15, -0.1) is 0 Å². The molecule has 0 spiro atoms. The highest BCUT2D eigenvalue weighted by atomic mass is 16.3. The predicted octanol–water partition coefficient (Wildman–Crippen LogP) is 11.0. The smallest absolute Gasteiger partial charge is 0.290 e. The topological polar surface area (TPSA) is 43.5 Å². The van der Waals surface area contributed by atoms with Crippen molar-refractivity contribution in [2.24, 2.45) is 0 Å². The van der Waals surface area contributed by atoms with Crippen LogP contribution in [0, 0.1) is 0 Å². The lowest BCUT2D eigenvalue weighted by Gasteiger charge is -2.26. The van der Waals surface area contributed by atoms with Crippen molar-refractivity contribution in [2.75, 3.05) is 18.0 Å². The number of unbranched alkanes of at least 4 members (excludes halogenated alkanes) is 3. The van der Waals surface area contributed by atoms with E-state index >= 15 is 0 Å². The molecule has 6 rings (SSSR count). The number of hydrogen-bond donors (Lipinski definition) is 1. The summed E-state index contributed by atoms with van der Waals surface area (Å²) < 4.78 is 2.59. The van der Waals surface area contributed by atoms with Crippen molar-refractivity contribution in [1.29, 1.82) is 0 Å². The lowest BCUT2D eigenvalue weighted by atomic mass is 9.79. The molecule has 0 atom stereocenters. The maximum absolute atomic E-state index is 8.36. The molecule has 0 radical (unpaired) electrons. The Hall–Kier alpha value is -4.70. The zero-order valence-electron chi connectivity index (χ0n) is 29.5. The molecule has 0 bridgehead atoms. The number of allylic oxidation sites excluding steroid dienone is 8. The van der Waals surface area contributed by atoms with Gasteiger partial charge >= 0.3 is 0 Å². The van der Waals surface area contributed by atoms with Gasteiger partial charge in [0.1, 0.15) is 6.54 Å². The van der Waals surface area contributed by atoms with Crippen molar-refractivity contribution in [2.45, 2.75) is 78.1 Å². The van der Waals surface area contributed by atoms with Crippen LogP contribution in [0.4, 0.5) is 11.4 Å². The van der Waals surface area contributed by atoms with Gasteiger partial charge < -0.3 is 10.0 Å². The molecule has 4 nitrogen and oxygen atoms in total. The molecule has 0 aromatic heterocycles. The van der Waals surface area contributed by atoms with Crippen LogP contribution in [-0.4, -0.2) is 35.0 Å². The quantitative estimate of drug-likeness (QED) is 0.0813. The van der Waals surface area contributed by atoms with Gasteiger partial charge in [0.05, 0.1) is 5.41 Å². The molecule has 0 saturated heterocycles. The number of carboxylic acid groups (broad SMARTS) is 1. The van der Waals surface area contributed by atoms with Crippen molar-refractivity contribution in [3.05, 3.63) is 132 Å². The molecule has 2 heterocycles. The maximum atomic E-state index is 8.36. The van der Waals surface area contributed by atoms with Crippen LogP contribution in [0.3, 0.4) is 0 Å². The molecule has 0 unspecified atom stereocenters. The summed E-state index contributed by atoms with van der Waals surface area (Å²) in [5.74, 6) is 0. The molecule has 4 heteroatoms. The second-order valence-electron chi connectivity index (χ2n) is 13.7. The average molecular weight is 640 g/mol. The average Bonchev–Trinajstić information content (AvgIpc) is 3.44. The summed E-state index contributed by atoms with van der Waals surface area (Å²) in [6.45, 7) is 15.8. The fourth-order valence-corrected chi connectivity index (χ4v) is 7.83. The molecule has 0 amide bonds. The van der Waals surface area contributed by atoms with Gasteiger partial charge in [-0.25, -0.2) is 0 Å². The molecule has 48 heavy (non-hydrogen) atoms. The summed E-state index contributed by atoms with van der Waals surface area (Å²) in [4.78, 5) is 10.8. The van der Waals surface area contributed by atoms with Gasteiger partial charge in [0.25, 0.3) is 6.47 Å². The first-order valence-electron chi connectivity index (χ1n) is 17.5. The second kappa shape index (κ2) is 15.0. The van der Waals surface area contributed by atoms with E-state index < -0.39 is 0 Å². The van der Waals surface area contributed by atoms with Gasteiger partial charge in [0, 0.05) is 47.5 Å². The van der Waals surface area contributed by atoms with E-state index in [1.807, 2.05) is 0 Å². The van der Waals surface area contributed by atoms with E-state index in [9.17, 15) is 0 Å². The van der Waals surface area contributed by atoms with Crippen LogP contribution in [0.5, 0.6) is 0 Å². The first kappa shape index (κ1) is 34.6. The van der Waals surface area contributed by atoms with Crippen LogP contribution in [-0.2, 0) is 15.6 Å². The van der Waals surface area contributed by atoms with Gasteiger partial charge in [-0.05, 0) is 72.5 Å². The Bertz CT molecular complexity index is 1940. The first-order valence-corrected chi connectivity index (χ1v) is 17.5. The van der Waals surface area contributed by atoms with Gasteiger partial charge in [0.15, 0.2) is 5.71 Å². The van der Waals surface area contributed by atoms with E-state index in [2.05, 4.69) is 166 Å². The molecular weight excluding hydrogens is 588 g/mol. The minimum absolute atomic E-state index is 0.0649. The molecule has 0 aliphatic carbocycles. The van der Waals surface area contributed by atoms with Crippen LogP contribution in [0.2, 0.25) is 0 Å². The van der Waals surface area contributed by atoms with Gasteiger partial charge in [-0.1, -0.05) is 119 Å². The normalized spacial score (nSPS) is 17.2. The summed E-state index contributed by atoms with van der Waals surface area (Å²) in [7, 11) is 0. The highest BCUT2D eigenvalue weighted by molar-refractivity contribution is 6.07. The Morgan fingerprint density at radius 2 is 1.31 bits per heavy atom. The van der Waals surface area contributed by atoms with Gasteiger partial charge in [-0.3, -0.25) is 4.79 Å². The number of likely N-dealkylation sites (N-methyl/N-ethyl adjacent to an activating group) is 1. The number of fused-ring (bicyclic) bond motifs is 6. The van der Waals surface area contributed by atoms with Crippen LogP contribution in [0.15, 0.2) is 121 Å². The Morgan fingerprint density at radius 3 is 1.98 bits per heavy atom. The lowest BCUT2D eigenvalue weighted by Crippen LogP contribution is -2.28. The zero-order chi connectivity index (χ0) is 34.3. The highest BCUT2D eigenvalue weighted by Crippen LogP contribution is 2.50. The summed E-state index contributed by atoms with van der Waals surface area (Å²) in [6.07, 6.45) is 20.6. The standard InChI is InChI=1S/C43H49N2.CH2O2/c1-7-9-10-20-31-45-37-30-28-33-22-17-19-24-35(33)41(37)43(5,6)39(45)26-15-13-11-12-14-25-38-42(3,4)40-34-23-18-16-21-32(34)27-29-36(40)44(38)8-2;2-1-3/h11-19,21-30H,7-10,20,31H2,1-6H3;1H,(H,2,3)/q+1;. The molecule has 0 fully saturated rings. The number of benzene rings is 4. The van der Waals surface area contributed by atoms with Gasteiger partial charge in [-0.2, -0.15) is 4.58 Å². The van der Waals surface area contributed by atoms with Crippen LogP contribution in [0.1, 0.15) is 78.4 Å². The minimum Gasteiger partial charge on any atom is -0.483 e. The minimum atomic E-state index is -0.250. The van der Waals surface area contributed by atoms with E-state index in [1.54, 1.807) is 0 Å². The summed E-state index contributed by atoms with van der Waals surface area (Å²) in [6, 6.07) is 26.8. The number of carbonyl (C=O) groups is 1. The van der Waals surface area contributed by atoms with E-state index in [1.165, 1.54) is 81.1 Å². The number of hydrogen-bond acceptors (Lipinski definition) is 2. The summed E-state index contributed by atoms with van der Waals surface area (Å²) in [5.41, 5.74) is 8.21. The van der Waals surface area contributed by atoms with E-state index in [0.29, 0.717) is 0 Å². The molecule has 0 saturated carbocycles. The third kappa shape index (κ3) is 6.54. The predicted molar refractivity (Wildman–Crippen MR) is 205 cm³/mol. The Labute approximate surface area is 287 Å². The molecule has 4 aromatic rings. The SMILES string of the molecule is CCCCCC[N+]1=C(/C=C/C=C/C=C/C=C2\N(CC)c3ccc4ccccc4c3C2(C)C)C(C)(C)c2c1ccc1ccccc21.O=CO. The third-order valence-corrected chi connectivity index (χ3v) is 10.0. The molecule has 1 N–H and O–H groups in total. The number of anilines is 1. The number of rotatable bonds is 10. The van der Waals surface area contributed by atoms with Crippen LogP contribution < -0.4 is 4.90 Å². The molecule has 2 aliphatic heterocycles. The van der Waals surface area contributed by atoms with Crippen molar-refractivity contribution >= 4 is 45.1 Å². The fraction of sp³-hybridized carbons (Fsp3) is 0.318. The maximum Gasteiger partial charge on any atom is 0.290 e. The molecule has 248 valence electrons. The van der Waals surface area contributed by atoms with E-state index in [4.69, 9.17) is 9.90 Å². The Morgan fingerprint density at radius 1 is 0.708 bits per heavy atom. The second-order valence-corrected chi connectivity index (χ2v) is 13.7. The highest BCUT2D eigenvalue weighted by Gasteiger charge is 2.45. The summed E-state index contributed by atoms with van der Waals surface area (Å²) in [5, 5.41) is 12.3. The van der Waals surface area contributed by atoms with Crippen molar-refractivity contribution in [3.63, 3.8) is 0 Å². The molecule has 2 aliphatic rings. The zero-order valence-corrected chi connectivity index (χ0v) is 29.5. The van der Waals surface area contributed by atoms with Crippen LogP contribution >= 0.6 is 0 Å². The largest absolute Gasteiger partial charge is 0.483 e. The van der Waals surface area contributed by atoms with Gasteiger partial charge in [0.2, 0.25) is 5.69 Å². The Balaban J connectivity index is 0.00000145. The molecule has 4 aromatic carbocycles. The van der Waals surface area contributed by atoms with Crippen molar-refractivity contribution in [1.82, 2.24) is 0 Å². The Kier molecular flexibility index (Phi) is 10.8. The fourth-order valence-electron chi connectivity index (χ4n) is 7.83. The lowest BCUT2D eigenvalue weighted by molar-refractivity contribution is -0.438. The van der Waals surface area contributed by atoms with E-state index in [-0.39, 0.29) is 17.3 Å². The van der Waals surface area contributed by atoms with Crippen molar-refractivity contribution < 1.29 is 14.5 Å². The summed E-state index contributed by atoms with van der Waals surface area (Å²) >= 11 is 0.